The number of rotatable bonds is 3. The van der Waals surface area contributed by atoms with Gasteiger partial charge in [0.1, 0.15) is 0 Å². The monoisotopic (exact) mass is 270 g/mol. The average Bonchev–Trinajstić information content (AvgIpc) is 2.14. The molecule has 2 N–H and O–H groups in total. The lowest BCUT2D eigenvalue weighted by atomic mass is 10.4. The summed E-state index contributed by atoms with van der Waals surface area (Å²) in [5.74, 6) is -0.211. The molecule has 0 aliphatic carbocycles. The molecule has 1 aliphatic rings. The maximum atomic E-state index is 12.0. The van der Waals surface area contributed by atoms with E-state index in [0.717, 1.165) is 0 Å². The van der Waals surface area contributed by atoms with Crippen molar-refractivity contribution in [2.45, 2.75) is 25.1 Å². The summed E-state index contributed by atoms with van der Waals surface area (Å²) in [6.07, 6.45) is 0. The van der Waals surface area contributed by atoms with E-state index >= 15 is 0 Å². The van der Waals surface area contributed by atoms with Crippen molar-refractivity contribution in [1.29, 1.82) is 0 Å². The fraction of sp³-hybridized carbons (Fsp3) is 1.00. The van der Waals surface area contributed by atoms with E-state index in [9.17, 15) is 16.8 Å². The molecule has 1 heterocycles. The third kappa shape index (κ3) is 2.73. The van der Waals surface area contributed by atoms with Crippen molar-refractivity contribution in [2.24, 2.45) is 5.73 Å². The minimum absolute atomic E-state index is 0.0379. The Morgan fingerprint density at radius 2 is 2.06 bits per heavy atom. The zero-order chi connectivity index (χ0) is 12.6. The molecular weight excluding hydrogens is 252 g/mol. The van der Waals surface area contributed by atoms with E-state index in [1.54, 1.807) is 6.92 Å². The number of nitrogens with zero attached hydrogens (tertiary/aromatic N) is 1. The molecule has 0 aromatic heterocycles. The minimum atomic E-state index is -3.47. The van der Waals surface area contributed by atoms with Crippen molar-refractivity contribution in [1.82, 2.24) is 4.31 Å². The summed E-state index contributed by atoms with van der Waals surface area (Å²) in [7, 11) is -6.56. The highest BCUT2D eigenvalue weighted by Gasteiger charge is 2.37. The third-order valence-electron chi connectivity index (χ3n) is 2.78. The molecule has 0 aromatic carbocycles. The van der Waals surface area contributed by atoms with Gasteiger partial charge < -0.3 is 5.73 Å². The Kier molecular flexibility index (Phi) is 3.99. The smallest absolute Gasteiger partial charge is 0.218 e. The quantitative estimate of drug-likeness (QED) is 0.693. The molecule has 96 valence electrons. The largest absolute Gasteiger partial charge is 0.329 e. The van der Waals surface area contributed by atoms with Gasteiger partial charge in [0.2, 0.25) is 10.0 Å². The number of sulfonamides is 1. The Labute approximate surface area is 96.8 Å². The summed E-state index contributed by atoms with van der Waals surface area (Å²) in [6.45, 7) is 3.22. The van der Waals surface area contributed by atoms with Crippen LogP contribution in [0.4, 0.5) is 0 Å². The van der Waals surface area contributed by atoms with Crippen LogP contribution in [0.5, 0.6) is 0 Å². The van der Waals surface area contributed by atoms with Gasteiger partial charge in [0, 0.05) is 19.1 Å². The van der Waals surface area contributed by atoms with E-state index in [-0.39, 0.29) is 24.6 Å². The van der Waals surface area contributed by atoms with Gasteiger partial charge in [-0.15, -0.1) is 0 Å². The van der Waals surface area contributed by atoms with Crippen LogP contribution in [0.25, 0.3) is 0 Å². The van der Waals surface area contributed by atoms with E-state index in [1.165, 1.54) is 11.2 Å². The molecule has 0 aromatic rings. The molecule has 2 atom stereocenters. The van der Waals surface area contributed by atoms with Crippen LogP contribution in [0.3, 0.4) is 0 Å². The zero-order valence-corrected chi connectivity index (χ0v) is 11.1. The first-order chi connectivity index (χ1) is 7.20. The standard InChI is InChI=1S/C8H18N2O4S2/c1-7-6-15(11,12)4-3-10(7)16(13,14)8(2)5-9/h7-8H,3-6,9H2,1-2H3. The summed E-state index contributed by atoms with van der Waals surface area (Å²) in [6, 6.07) is -0.502. The summed E-state index contributed by atoms with van der Waals surface area (Å²) in [4.78, 5) is 0. The lowest BCUT2D eigenvalue weighted by Gasteiger charge is -2.33. The van der Waals surface area contributed by atoms with Crippen LogP contribution in [0.1, 0.15) is 13.8 Å². The summed E-state index contributed by atoms with van der Waals surface area (Å²) < 4.78 is 47.9. The van der Waals surface area contributed by atoms with Crippen molar-refractivity contribution in [3.63, 3.8) is 0 Å². The van der Waals surface area contributed by atoms with Crippen LogP contribution in [-0.2, 0) is 19.9 Å². The third-order valence-corrected chi connectivity index (χ3v) is 6.98. The normalized spacial score (nSPS) is 28.8. The van der Waals surface area contributed by atoms with Crippen molar-refractivity contribution in [2.75, 3.05) is 24.6 Å². The maximum absolute atomic E-state index is 12.0. The second-order valence-electron chi connectivity index (χ2n) is 4.17. The molecule has 0 saturated carbocycles. The van der Waals surface area contributed by atoms with Gasteiger partial charge in [-0.2, -0.15) is 4.31 Å². The van der Waals surface area contributed by atoms with Crippen LogP contribution < -0.4 is 5.73 Å². The zero-order valence-electron chi connectivity index (χ0n) is 9.46. The molecule has 0 spiro atoms. The van der Waals surface area contributed by atoms with E-state index in [2.05, 4.69) is 0 Å². The van der Waals surface area contributed by atoms with Crippen molar-refractivity contribution in [3.05, 3.63) is 0 Å². The molecule has 0 radical (unpaired) electrons. The SMILES string of the molecule is CC1CS(=O)(=O)CCN1S(=O)(=O)C(C)CN. The van der Waals surface area contributed by atoms with Crippen LogP contribution in [0.15, 0.2) is 0 Å². The topological polar surface area (TPSA) is 97.5 Å². The second-order valence-corrected chi connectivity index (χ2v) is 8.70. The molecule has 8 heteroatoms. The molecular formula is C8H18N2O4S2. The van der Waals surface area contributed by atoms with Gasteiger partial charge in [-0.3, -0.25) is 0 Å². The summed E-state index contributed by atoms with van der Waals surface area (Å²) >= 11 is 0. The van der Waals surface area contributed by atoms with E-state index in [4.69, 9.17) is 5.73 Å². The Hall–Kier alpha value is -0.180. The van der Waals surface area contributed by atoms with E-state index in [1.807, 2.05) is 0 Å². The fourth-order valence-electron chi connectivity index (χ4n) is 1.71. The molecule has 0 amide bonds. The predicted molar refractivity (Wildman–Crippen MR) is 62.3 cm³/mol. The molecule has 2 unspecified atom stereocenters. The van der Waals surface area contributed by atoms with Gasteiger partial charge >= 0.3 is 0 Å². The second kappa shape index (κ2) is 4.59. The molecule has 16 heavy (non-hydrogen) atoms. The van der Waals surface area contributed by atoms with Crippen LogP contribution in [0, 0.1) is 0 Å². The molecule has 1 rings (SSSR count). The Balaban J connectivity index is 2.92. The lowest BCUT2D eigenvalue weighted by Crippen LogP contribution is -2.53. The Bertz CT molecular complexity index is 443. The summed E-state index contributed by atoms with van der Waals surface area (Å²) in [5.41, 5.74) is 5.34. The first-order valence-corrected chi connectivity index (χ1v) is 8.44. The van der Waals surface area contributed by atoms with E-state index in [0.29, 0.717) is 0 Å². The molecule has 1 saturated heterocycles. The predicted octanol–water partition coefficient (Wildman–Crippen LogP) is -1.22. The van der Waals surface area contributed by atoms with Gasteiger partial charge in [-0.05, 0) is 13.8 Å². The van der Waals surface area contributed by atoms with Gasteiger partial charge in [0.25, 0.3) is 0 Å². The van der Waals surface area contributed by atoms with Gasteiger partial charge in [0.05, 0.1) is 16.8 Å². The summed E-state index contributed by atoms with van der Waals surface area (Å²) in [5, 5.41) is -0.671. The molecule has 1 aliphatic heterocycles. The molecule has 0 bridgehead atoms. The first-order valence-electron chi connectivity index (χ1n) is 5.12. The number of hydrogen-bond acceptors (Lipinski definition) is 5. The first kappa shape index (κ1) is 13.9. The van der Waals surface area contributed by atoms with Crippen LogP contribution in [0.2, 0.25) is 0 Å². The molecule has 1 fully saturated rings. The Morgan fingerprint density at radius 1 is 1.50 bits per heavy atom. The van der Waals surface area contributed by atoms with Gasteiger partial charge in [0.15, 0.2) is 9.84 Å². The van der Waals surface area contributed by atoms with Crippen LogP contribution in [-0.4, -0.2) is 57.0 Å². The van der Waals surface area contributed by atoms with Crippen molar-refractivity contribution in [3.8, 4) is 0 Å². The highest BCUT2D eigenvalue weighted by atomic mass is 32.2. The average molecular weight is 270 g/mol. The highest BCUT2D eigenvalue weighted by molar-refractivity contribution is 7.92. The van der Waals surface area contributed by atoms with Crippen molar-refractivity contribution < 1.29 is 16.8 Å². The fourth-order valence-corrected chi connectivity index (χ4v) is 5.11. The number of sulfone groups is 1. The lowest BCUT2D eigenvalue weighted by molar-refractivity contribution is 0.352. The Morgan fingerprint density at radius 3 is 2.50 bits per heavy atom. The number of nitrogens with two attached hydrogens (primary N) is 1. The van der Waals surface area contributed by atoms with Crippen molar-refractivity contribution >= 4 is 19.9 Å². The maximum Gasteiger partial charge on any atom is 0.218 e. The number of hydrogen-bond donors (Lipinski definition) is 1. The highest BCUT2D eigenvalue weighted by Crippen LogP contribution is 2.18. The van der Waals surface area contributed by atoms with E-state index < -0.39 is 31.2 Å². The van der Waals surface area contributed by atoms with Gasteiger partial charge in [-0.1, -0.05) is 0 Å². The molecule has 6 nitrogen and oxygen atoms in total. The van der Waals surface area contributed by atoms with Gasteiger partial charge in [-0.25, -0.2) is 16.8 Å². The van der Waals surface area contributed by atoms with Crippen LogP contribution >= 0.6 is 0 Å². The minimum Gasteiger partial charge on any atom is -0.329 e.